The molecule has 3 unspecified atom stereocenters. The van der Waals surface area contributed by atoms with E-state index < -0.39 is 0 Å². The van der Waals surface area contributed by atoms with Crippen LogP contribution in [-0.2, 0) is 11.3 Å². The van der Waals surface area contributed by atoms with Gasteiger partial charge in [0.1, 0.15) is 5.75 Å². The molecular weight excluding hydrogens is 300 g/mol. The maximum atomic E-state index is 13.0. The maximum Gasteiger partial charge on any atom is 0.240 e. The number of amides is 1. The summed E-state index contributed by atoms with van der Waals surface area (Å²) in [5.41, 5.74) is 1.19. The Hall–Kier alpha value is -1.55. The summed E-state index contributed by atoms with van der Waals surface area (Å²) in [7, 11) is 2.03. The first-order valence-corrected chi connectivity index (χ1v) is 9.18. The van der Waals surface area contributed by atoms with Crippen LogP contribution in [-0.4, -0.2) is 47.5 Å². The summed E-state index contributed by atoms with van der Waals surface area (Å²) in [5, 5.41) is 0. The van der Waals surface area contributed by atoms with E-state index >= 15 is 0 Å². The number of carbonyl (C=O) groups excluding carboxylic acids is 1. The molecule has 0 aromatic heterocycles. The van der Waals surface area contributed by atoms with Gasteiger partial charge in [0.05, 0.1) is 12.6 Å². The summed E-state index contributed by atoms with van der Waals surface area (Å²) >= 11 is 0. The van der Waals surface area contributed by atoms with Crippen molar-refractivity contribution >= 4 is 5.91 Å². The highest BCUT2D eigenvalue weighted by Gasteiger charge is 2.32. The van der Waals surface area contributed by atoms with Gasteiger partial charge in [0.15, 0.2) is 0 Å². The minimum Gasteiger partial charge on any atom is -0.494 e. The van der Waals surface area contributed by atoms with E-state index in [1.165, 1.54) is 12.0 Å². The van der Waals surface area contributed by atoms with Gasteiger partial charge in [0.2, 0.25) is 5.91 Å². The number of rotatable bonds is 6. The average Bonchev–Trinajstić information content (AvgIpc) is 2.56. The quantitative estimate of drug-likeness (QED) is 0.796. The van der Waals surface area contributed by atoms with Crippen molar-refractivity contribution in [3.8, 4) is 5.75 Å². The molecule has 0 spiro atoms. The summed E-state index contributed by atoms with van der Waals surface area (Å²) in [4.78, 5) is 17.2. The largest absolute Gasteiger partial charge is 0.494 e. The molecule has 3 atom stereocenters. The molecular formula is C20H32N2O2. The second-order valence-electron chi connectivity index (χ2n) is 7.04. The zero-order valence-electron chi connectivity index (χ0n) is 15.8. The normalized spacial score (nSPS) is 22.5. The van der Waals surface area contributed by atoms with Crippen LogP contribution in [0.2, 0.25) is 0 Å². The van der Waals surface area contributed by atoms with Crippen molar-refractivity contribution in [2.45, 2.75) is 71.6 Å². The fourth-order valence-electron chi connectivity index (χ4n) is 3.54. The number of benzene rings is 1. The Morgan fingerprint density at radius 2 is 1.83 bits per heavy atom. The molecule has 1 aromatic carbocycles. The standard InChI is InChI=1S/C20H32N2O2/c1-6-24-19-12-10-18(11-13-19)14-21(5)17(4)20(23)22-15(2)8-7-9-16(22)3/h10-13,15-17H,6-9,14H2,1-5H3. The molecule has 24 heavy (non-hydrogen) atoms. The minimum absolute atomic E-state index is 0.112. The third-order valence-corrected chi connectivity index (χ3v) is 5.13. The Labute approximate surface area is 146 Å². The predicted molar refractivity (Wildman–Crippen MR) is 98.2 cm³/mol. The Balaban J connectivity index is 1.97. The lowest BCUT2D eigenvalue weighted by atomic mass is 9.96. The summed E-state index contributed by atoms with van der Waals surface area (Å²) in [5.74, 6) is 1.15. The van der Waals surface area contributed by atoms with Crippen LogP contribution in [0, 0.1) is 0 Å². The number of nitrogens with zero attached hydrogens (tertiary/aromatic N) is 2. The molecule has 134 valence electrons. The van der Waals surface area contributed by atoms with E-state index in [9.17, 15) is 4.79 Å². The first-order chi connectivity index (χ1) is 11.4. The van der Waals surface area contributed by atoms with Crippen LogP contribution in [0.4, 0.5) is 0 Å². The molecule has 0 radical (unpaired) electrons. The van der Waals surface area contributed by atoms with Gasteiger partial charge in [-0.2, -0.15) is 0 Å². The number of hydrogen-bond acceptors (Lipinski definition) is 3. The van der Waals surface area contributed by atoms with Gasteiger partial charge in [-0.25, -0.2) is 0 Å². The highest BCUT2D eigenvalue weighted by molar-refractivity contribution is 5.82. The van der Waals surface area contributed by atoms with Crippen molar-refractivity contribution in [3.63, 3.8) is 0 Å². The first-order valence-electron chi connectivity index (χ1n) is 9.18. The summed E-state index contributed by atoms with van der Waals surface area (Å²) in [6.45, 7) is 9.79. The summed E-state index contributed by atoms with van der Waals surface area (Å²) < 4.78 is 5.48. The van der Waals surface area contributed by atoms with Crippen molar-refractivity contribution in [1.82, 2.24) is 9.80 Å². The van der Waals surface area contributed by atoms with Gasteiger partial charge < -0.3 is 9.64 Å². The highest BCUT2D eigenvalue weighted by atomic mass is 16.5. The number of likely N-dealkylation sites (tertiary alicyclic amines) is 1. The Morgan fingerprint density at radius 3 is 2.38 bits per heavy atom. The molecule has 1 amide bonds. The minimum atomic E-state index is -0.112. The first kappa shape index (κ1) is 18.8. The fourth-order valence-corrected chi connectivity index (χ4v) is 3.54. The topological polar surface area (TPSA) is 32.8 Å². The van der Waals surface area contributed by atoms with Crippen LogP contribution in [0.1, 0.15) is 52.5 Å². The molecule has 1 heterocycles. The van der Waals surface area contributed by atoms with Crippen LogP contribution >= 0.6 is 0 Å². The van der Waals surface area contributed by atoms with E-state index in [0.29, 0.717) is 18.7 Å². The lowest BCUT2D eigenvalue weighted by Crippen LogP contribution is -2.54. The van der Waals surface area contributed by atoms with Gasteiger partial charge in [-0.1, -0.05) is 12.1 Å². The maximum absolute atomic E-state index is 13.0. The van der Waals surface area contributed by atoms with Crippen LogP contribution in [0.15, 0.2) is 24.3 Å². The molecule has 1 saturated heterocycles. The van der Waals surface area contributed by atoms with E-state index in [1.807, 2.05) is 33.0 Å². The molecule has 4 heteroatoms. The fraction of sp³-hybridized carbons (Fsp3) is 0.650. The molecule has 4 nitrogen and oxygen atoms in total. The second-order valence-corrected chi connectivity index (χ2v) is 7.04. The molecule has 2 rings (SSSR count). The molecule has 1 aromatic rings. The zero-order valence-corrected chi connectivity index (χ0v) is 15.8. The van der Waals surface area contributed by atoms with Crippen LogP contribution in [0.25, 0.3) is 0 Å². The van der Waals surface area contributed by atoms with E-state index in [0.717, 1.165) is 25.1 Å². The van der Waals surface area contributed by atoms with Gasteiger partial charge in [0.25, 0.3) is 0 Å². The summed E-state index contributed by atoms with van der Waals surface area (Å²) in [6, 6.07) is 8.72. The van der Waals surface area contributed by atoms with Crippen LogP contribution in [0.5, 0.6) is 5.75 Å². The average molecular weight is 332 g/mol. The summed E-state index contributed by atoms with van der Waals surface area (Å²) in [6.07, 6.45) is 3.46. The molecule has 0 bridgehead atoms. The van der Waals surface area contributed by atoms with E-state index in [4.69, 9.17) is 4.74 Å². The number of carbonyl (C=O) groups is 1. The van der Waals surface area contributed by atoms with E-state index in [-0.39, 0.29) is 11.9 Å². The highest BCUT2D eigenvalue weighted by Crippen LogP contribution is 2.24. The third kappa shape index (κ3) is 4.50. The zero-order chi connectivity index (χ0) is 17.7. The number of piperidine rings is 1. The van der Waals surface area contributed by atoms with Crippen molar-refractivity contribution in [1.29, 1.82) is 0 Å². The molecule has 1 aliphatic rings. The molecule has 0 saturated carbocycles. The van der Waals surface area contributed by atoms with E-state index in [2.05, 4.69) is 35.8 Å². The molecule has 1 fully saturated rings. The number of likely N-dealkylation sites (N-methyl/N-ethyl adjacent to an activating group) is 1. The lowest BCUT2D eigenvalue weighted by molar-refractivity contribution is -0.142. The molecule has 0 aliphatic carbocycles. The van der Waals surface area contributed by atoms with Gasteiger partial charge in [-0.3, -0.25) is 9.69 Å². The second kappa shape index (κ2) is 8.52. The smallest absolute Gasteiger partial charge is 0.240 e. The van der Waals surface area contributed by atoms with Crippen LogP contribution < -0.4 is 4.74 Å². The predicted octanol–water partition coefficient (Wildman–Crippen LogP) is 3.70. The molecule has 0 N–H and O–H groups in total. The Morgan fingerprint density at radius 1 is 1.25 bits per heavy atom. The van der Waals surface area contributed by atoms with Crippen molar-refractivity contribution in [2.24, 2.45) is 0 Å². The number of hydrogen-bond donors (Lipinski definition) is 0. The van der Waals surface area contributed by atoms with Gasteiger partial charge in [-0.15, -0.1) is 0 Å². The van der Waals surface area contributed by atoms with Crippen molar-refractivity contribution < 1.29 is 9.53 Å². The third-order valence-electron chi connectivity index (χ3n) is 5.13. The molecule has 1 aliphatic heterocycles. The van der Waals surface area contributed by atoms with Gasteiger partial charge in [0, 0.05) is 18.6 Å². The lowest BCUT2D eigenvalue weighted by Gasteiger charge is -2.41. The van der Waals surface area contributed by atoms with Gasteiger partial charge >= 0.3 is 0 Å². The SMILES string of the molecule is CCOc1ccc(CN(C)C(C)C(=O)N2C(C)CCCC2C)cc1. The Bertz CT molecular complexity index is 519. The van der Waals surface area contributed by atoms with Gasteiger partial charge in [-0.05, 0) is 71.7 Å². The van der Waals surface area contributed by atoms with Crippen molar-refractivity contribution in [3.05, 3.63) is 29.8 Å². The number of ether oxygens (including phenoxy) is 1. The van der Waals surface area contributed by atoms with E-state index in [1.54, 1.807) is 0 Å². The monoisotopic (exact) mass is 332 g/mol. The van der Waals surface area contributed by atoms with Crippen molar-refractivity contribution in [2.75, 3.05) is 13.7 Å². The van der Waals surface area contributed by atoms with Crippen LogP contribution in [0.3, 0.4) is 0 Å². The Kier molecular flexibility index (Phi) is 6.67.